The standard InChI is InChI=1S/C16H16BrCl2NO/c1-9-5-6-10(17)7-11(9)16(21)12(8-20)15-13(18)3-2-4-14(15)19/h2-7,12,16,21H,8,20H2,1H3. The average Bonchev–Trinajstić information content (AvgIpc) is 2.45. The van der Waals surface area contributed by atoms with Gasteiger partial charge in [-0.05, 0) is 47.9 Å². The van der Waals surface area contributed by atoms with Gasteiger partial charge in [0, 0.05) is 27.0 Å². The van der Waals surface area contributed by atoms with Gasteiger partial charge < -0.3 is 10.8 Å². The van der Waals surface area contributed by atoms with Crippen molar-refractivity contribution in [2.75, 3.05) is 6.54 Å². The van der Waals surface area contributed by atoms with E-state index in [1.807, 2.05) is 25.1 Å². The van der Waals surface area contributed by atoms with Crippen molar-refractivity contribution in [2.45, 2.75) is 18.9 Å². The molecule has 0 saturated heterocycles. The minimum atomic E-state index is -0.773. The van der Waals surface area contributed by atoms with E-state index in [-0.39, 0.29) is 12.5 Å². The van der Waals surface area contributed by atoms with Crippen molar-refractivity contribution in [1.82, 2.24) is 0 Å². The lowest BCUT2D eigenvalue weighted by Gasteiger charge is -2.25. The summed E-state index contributed by atoms with van der Waals surface area (Å²) in [6, 6.07) is 11.1. The lowest BCUT2D eigenvalue weighted by Crippen LogP contribution is -2.21. The van der Waals surface area contributed by atoms with Gasteiger partial charge in [0.15, 0.2) is 0 Å². The Kier molecular flexibility index (Phi) is 5.69. The molecule has 0 radical (unpaired) electrons. The summed E-state index contributed by atoms with van der Waals surface area (Å²) in [6.45, 7) is 2.20. The van der Waals surface area contributed by atoms with Gasteiger partial charge in [-0.25, -0.2) is 0 Å². The summed E-state index contributed by atoms with van der Waals surface area (Å²) in [7, 11) is 0. The van der Waals surface area contributed by atoms with Crippen molar-refractivity contribution < 1.29 is 5.11 Å². The molecule has 5 heteroatoms. The van der Waals surface area contributed by atoms with E-state index in [0.717, 1.165) is 15.6 Å². The molecule has 0 heterocycles. The number of aryl methyl sites for hydroxylation is 1. The van der Waals surface area contributed by atoms with Crippen molar-refractivity contribution in [3.8, 4) is 0 Å². The van der Waals surface area contributed by atoms with E-state index in [9.17, 15) is 5.11 Å². The maximum absolute atomic E-state index is 10.8. The minimum absolute atomic E-state index is 0.247. The topological polar surface area (TPSA) is 46.2 Å². The van der Waals surface area contributed by atoms with Gasteiger partial charge in [0.1, 0.15) is 0 Å². The number of benzene rings is 2. The van der Waals surface area contributed by atoms with Crippen LogP contribution in [0.3, 0.4) is 0 Å². The predicted molar refractivity (Wildman–Crippen MR) is 92.1 cm³/mol. The van der Waals surface area contributed by atoms with Gasteiger partial charge >= 0.3 is 0 Å². The Morgan fingerprint density at radius 3 is 2.38 bits per heavy atom. The molecule has 3 N–H and O–H groups in total. The number of aliphatic hydroxyl groups is 1. The van der Waals surface area contributed by atoms with Crippen LogP contribution in [0.25, 0.3) is 0 Å². The second-order valence-electron chi connectivity index (χ2n) is 4.92. The first-order chi connectivity index (χ1) is 9.95. The number of halogens is 3. The Hall–Kier alpha value is -0.580. The highest BCUT2D eigenvalue weighted by molar-refractivity contribution is 9.10. The summed E-state index contributed by atoms with van der Waals surface area (Å²) >= 11 is 15.9. The lowest BCUT2D eigenvalue weighted by molar-refractivity contribution is 0.147. The number of rotatable bonds is 4. The average molecular weight is 389 g/mol. The molecule has 112 valence electrons. The normalized spacial score (nSPS) is 14.0. The van der Waals surface area contributed by atoms with Gasteiger partial charge in [-0.3, -0.25) is 0 Å². The molecule has 0 fully saturated rings. The Balaban J connectivity index is 2.48. The highest BCUT2D eigenvalue weighted by Crippen LogP contribution is 2.39. The molecule has 2 unspecified atom stereocenters. The Bertz CT molecular complexity index is 628. The maximum Gasteiger partial charge on any atom is 0.0874 e. The second-order valence-corrected chi connectivity index (χ2v) is 6.65. The van der Waals surface area contributed by atoms with E-state index in [4.69, 9.17) is 28.9 Å². The first-order valence-corrected chi connectivity index (χ1v) is 8.08. The van der Waals surface area contributed by atoms with Gasteiger partial charge in [-0.1, -0.05) is 51.3 Å². The molecule has 0 spiro atoms. The molecule has 2 aromatic carbocycles. The highest BCUT2D eigenvalue weighted by Gasteiger charge is 2.26. The molecule has 2 nitrogen and oxygen atoms in total. The van der Waals surface area contributed by atoms with Crippen LogP contribution in [0.4, 0.5) is 0 Å². The van der Waals surface area contributed by atoms with E-state index in [1.54, 1.807) is 18.2 Å². The van der Waals surface area contributed by atoms with Crippen LogP contribution in [-0.4, -0.2) is 11.7 Å². The van der Waals surface area contributed by atoms with Crippen LogP contribution in [0.1, 0.15) is 28.7 Å². The van der Waals surface area contributed by atoms with Crippen molar-refractivity contribution in [1.29, 1.82) is 0 Å². The number of hydrogen-bond donors (Lipinski definition) is 2. The SMILES string of the molecule is Cc1ccc(Br)cc1C(O)C(CN)c1c(Cl)cccc1Cl. The molecule has 0 aromatic heterocycles. The van der Waals surface area contributed by atoms with Gasteiger partial charge in [0.05, 0.1) is 6.10 Å². The Morgan fingerprint density at radius 1 is 1.19 bits per heavy atom. The first-order valence-electron chi connectivity index (χ1n) is 6.53. The molecule has 2 atom stereocenters. The van der Waals surface area contributed by atoms with Crippen molar-refractivity contribution >= 4 is 39.1 Å². The Labute approximate surface area is 143 Å². The third kappa shape index (κ3) is 3.61. The van der Waals surface area contributed by atoms with Gasteiger partial charge in [0.2, 0.25) is 0 Å². The van der Waals surface area contributed by atoms with Crippen LogP contribution in [0.2, 0.25) is 10.0 Å². The fraction of sp³-hybridized carbons (Fsp3) is 0.250. The smallest absolute Gasteiger partial charge is 0.0874 e. The van der Waals surface area contributed by atoms with Crippen LogP contribution in [0, 0.1) is 6.92 Å². The summed E-state index contributed by atoms with van der Waals surface area (Å²) < 4.78 is 0.906. The molecule has 2 aromatic rings. The summed E-state index contributed by atoms with van der Waals surface area (Å²) in [4.78, 5) is 0. The molecule has 21 heavy (non-hydrogen) atoms. The second kappa shape index (κ2) is 7.12. The summed E-state index contributed by atoms with van der Waals surface area (Å²) in [6.07, 6.45) is -0.773. The molecular formula is C16H16BrCl2NO. The van der Waals surface area contributed by atoms with Gasteiger partial charge in [-0.2, -0.15) is 0 Å². The van der Waals surface area contributed by atoms with Crippen LogP contribution in [0.5, 0.6) is 0 Å². The lowest BCUT2D eigenvalue weighted by atomic mass is 9.87. The van der Waals surface area contributed by atoms with E-state index in [1.165, 1.54) is 0 Å². The fourth-order valence-corrected chi connectivity index (χ4v) is 3.47. The van der Waals surface area contributed by atoms with E-state index in [0.29, 0.717) is 15.6 Å². The number of aliphatic hydroxyl groups excluding tert-OH is 1. The zero-order chi connectivity index (χ0) is 15.6. The highest BCUT2D eigenvalue weighted by atomic mass is 79.9. The van der Waals surface area contributed by atoms with Gasteiger partial charge in [0.25, 0.3) is 0 Å². The molecule has 0 amide bonds. The molecule has 0 aliphatic heterocycles. The van der Waals surface area contributed by atoms with Crippen LogP contribution < -0.4 is 5.73 Å². The van der Waals surface area contributed by atoms with Crippen LogP contribution in [0.15, 0.2) is 40.9 Å². The van der Waals surface area contributed by atoms with Crippen molar-refractivity contribution in [3.05, 3.63) is 67.6 Å². The molecule has 0 aliphatic carbocycles. The number of hydrogen-bond acceptors (Lipinski definition) is 2. The third-order valence-corrected chi connectivity index (χ3v) is 4.72. The Morgan fingerprint density at radius 2 is 1.81 bits per heavy atom. The zero-order valence-corrected chi connectivity index (χ0v) is 14.6. The molecule has 0 bridgehead atoms. The van der Waals surface area contributed by atoms with E-state index < -0.39 is 6.10 Å². The molecule has 0 saturated carbocycles. The largest absolute Gasteiger partial charge is 0.388 e. The number of nitrogens with two attached hydrogens (primary N) is 1. The van der Waals surface area contributed by atoms with Crippen molar-refractivity contribution in [2.24, 2.45) is 5.73 Å². The summed E-state index contributed by atoms with van der Waals surface area (Å²) in [5.74, 6) is -0.362. The predicted octanol–water partition coefficient (Wildman–Crippen LogP) is 4.84. The fourth-order valence-electron chi connectivity index (χ4n) is 2.42. The quantitative estimate of drug-likeness (QED) is 0.786. The summed E-state index contributed by atoms with van der Waals surface area (Å²) in [5, 5.41) is 11.8. The van der Waals surface area contributed by atoms with Crippen LogP contribution >= 0.6 is 39.1 Å². The van der Waals surface area contributed by atoms with Crippen LogP contribution in [-0.2, 0) is 0 Å². The third-order valence-electron chi connectivity index (χ3n) is 3.57. The molecular weight excluding hydrogens is 373 g/mol. The van der Waals surface area contributed by atoms with E-state index in [2.05, 4.69) is 15.9 Å². The maximum atomic E-state index is 10.8. The monoisotopic (exact) mass is 387 g/mol. The minimum Gasteiger partial charge on any atom is -0.388 e. The molecule has 0 aliphatic rings. The summed E-state index contributed by atoms with van der Waals surface area (Å²) in [5.41, 5.74) is 8.38. The first kappa shape index (κ1) is 16.8. The molecule has 2 rings (SSSR count). The zero-order valence-electron chi connectivity index (χ0n) is 11.5. The van der Waals surface area contributed by atoms with E-state index >= 15 is 0 Å². The van der Waals surface area contributed by atoms with Gasteiger partial charge in [-0.15, -0.1) is 0 Å². The van der Waals surface area contributed by atoms with Crippen molar-refractivity contribution in [3.63, 3.8) is 0 Å².